The lowest BCUT2D eigenvalue weighted by molar-refractivity contribution is -0.383. The van der Waals surface area contributed by atoms with Crippen molar-refractivity contribution < 1.29 is 4.92 Å². The van der Waals surface area contributed by atoms with E-state index in [1.165, 1.54) is 6.33 Å². The van der Waals surface area contributed by atoms with Crippen LogP contribution >= 0.6 is 0 Å². The molecular weight excluding hydrogens is 354 g/mol. The van der Waals surface area contributed by atoms with E-state index in [0.29, 0.717) is 18.9 Å². The van der Waals surface area contributed by atoms with Gasteiger partial charge in [-0.25, -0.2) is 9.97 Å². The van der Waals surface area contributed by atoms with Crippen LogP contribution in [0.4, 0.5) is 17.3 Å². The fourth-order valence-electron chi connectivity index (χ4n) is 2.96. The molecule has 28 heavy (non-hydrogen) atoms. The van der Waals surface area contributed by atoms with E-state index < -0.39 is 4.92 Å². The highest BCUT2D eigenvalue weighted by molar-refractivity contribution is 5.70. The largest absolute Gasteiger partial charge is 0.362 e. The molecule has 0 atom stereocenters. The van der Waals surface area contributed by atoms with Crippen LogP contribution in [0, 0.1) is 10.1 Å². The Morgan fingerprint density at radius 3 is 1.96 bits per heavy atom. The highest BCUT2D eigenvalue weighted by Gasteiger charge is 2.27. The van der Waals surface area contributed by atoms with Gasteiger partial charge in [-0.2, -0.15) is 0 Å². The summed E-state index contributed by atoms with van der Waals surface area (Å²) in [6, 6.07) is 19.7. The van der Waals surface area contributed by atoms with E-state index in [0.717, 1.165) is 11.1 Å². The smallest absolute Gasteiger partial charge is 0.353 e. The molecule has 0 radical (unpaired) electrons. The van der Waals surface area contributed by atoms with Gasteiger partial charge in [-0.05, 0) is 25.0 Å². The van der Waals surface area contributed by atoms with Gasteiger partial charge in [-0.15, -0.1) is 0 Å². The zero-order valence-corrected chi connectivity index (χ0v) is 15.9. The van der Waals surface area contributed by atoms with Gasteiger partial charge in [0.05, 0.1) is 4.92 Å². The van der Waals surface area contributed by atoms with Crippen LogP contribution < -0.4 is 10.2 Å². The average Bonchev–Trinajstić information content (AvgIpc) is 2.68. The topological polar surface area (TPSA) is 84.2 Å². The number of rotatable bonds is 8. The molecule has 0 aliphatic carbocycles. The van der Waals surface area contributed by atoms with Gasteiger partial charge in [0, 0.05) is 19.1 Å². The van der Waals surface area contributed by atoms with Gasteiger partial charge in [-0.1, -0.05) is 60.7 Å². The van der Waals surface area contributed by atoms with E-state index in [2.05, 4.69) is 15.3 Å². The maximum atomic E-state index is 11.9. The standard InChI is InChI=1S/C21H23N5O2/c1-16(2)24-20-19(26(27)28)21(23-15-22-20)25(13-17-9-5-3-6-10-17)14-18-11-7-4-8-12-18/h3-12,15-16H,13-14H2,1-2H3,(H,22,23,24). The first-order chi connectivity index (χ1) is 13.5. The SMILES string of the molecule is CC(C)Nc1ncnc(N(Cc2ccccc2)Cc2ccccc2)c1[N+](=O)[O-]. The fourth-order valence-corrected chi connectivity index (χ4v) is 2.96. The lowest BCUT2D eigenvalue weighted by Crippen LogP contribution is -2.25. The van der Waals surface area contributed by atoms with E-state index in [1.807, 2.05) is 79.4 Å². The third-order valence-electron chi connectivity index (χ3n) is 4.14. The summed E-state index contributed by atoms with van der Waals surface area (Å²) in [5.41, 5.74) is 1.98. The quantitative estimate of drug-likeness (QED) is 0.462. The number of anilines is 2. The predicted octanol–water partition coefficient (Wildman–Crippen LogP) is 4.41. The Balaban J connectivity index is 2.04. The maximum absolute atomic E-state index is 11.9. The summed E-state index contributed by atoms with van der Waals surface area (Å²) in [6.07, 6.45) is 1.37. The molecule has 0 unspecified atom stereocenters. The van der Waals surface area contributed by atoms with Crippen molar-refractivity contribution in [3.63, 3.8) is 0 Å². The van der Waals surface area contributed by atoms with Crippen LogP contribution in [0.25, 0.3) is 0 Å². The number of hydrogen-bond donors (Lipinski definition) is 1. The van der Waals surface area contributed by atoms with Crippen molar-refractivity contribution in [3.05, 3.63) is 88.2 Å². The summed E-state index contributed by atoms with van der Waals surface area (Å²) in [7, 11) is 0. The molecule has 0 amide bonds. The van der Waals surface area contributed by atoms with Gasteiger partial charge < -0.3 is 10.2 Å². The predicted molar refractivity (Wildman–Crippen MR) is 110 cm³/mol. The van der Waals surface area contributed by atoms with Crippen LogP contribution in [-0.2, 0) is 13.1 Å². The molecule has 3 rings (SSSR count). The number of benzene rings is 2. The molecule has 0 saturated carbocycles. The first-order valence-corrected chi connectivity index (χ1v) is 9.13. The minimum absolute atomic E-state index is 0.0122. The third kappa shape index (κ3) is 4.82. The Morgan fingerprint density at radius 1 is 0.964 bits per heavy atom. The van der Waals surface area contributed by atoms with E-state index in [4.69, 9.17) is 0 Å². The van der Waals surface area contributed by atoms with E-state index in [9.17, 15) is 10.1 Å². The van der Waals surface area contributed by atoms with Gasteiger partial charge >= 0.3 is 5.69 Å². The number of nitro groups is 1. The van der Waals surface area contributed by atoms with Crippen molar-refractivity contribution in [2.45, 2.75) is 33.0 Å². The number of nitrogens with one attached hydrogen (secondary N) is 1. The Morgan fingerprint density at radius 2 is 1.50 bits per heavy atom. The Labute approximate surface area is 164 Å². The molecule has 7 heteroatoms. The summed E-state index contributed by atoms with van der Waals surface area (Å²) in [6.45, 7) is 4.82. The molecule has 1 N–H and O–H groups in total. The zero-order valence-electron chi connectivity index (χ0n) is 15.9. The van der Waals surface area contributed by atoms with Crippen LogP contribution in [0.15, 0.2) is 67.0 Å². The second-order valence-corrected chi connectivity index (χ2v) is 6.78. The minimum atomic E-state index is -0.414. The minimum Gasteiger partial charge on any atom is -0.362 e. The molecule has 0 saturated heterocycles. The Bertz CT molecular complexity index is 875. The van der Waals surface area contributed by atoms with Crippen molar-refractivity contribution in [2.75, 3.05) is 10.2 Å². The van der Waals surface area contributed by atoms with Crippen LogP contribution in [0.5, 0.6) is 0 Å². The van der Waals surface area contributed by atoms with Gasteiger partial charge in [-0.3, -0.25) is 10.1 Å². The summed E-state index contributed by atoms with van der Waals surface area (Å²) in [5.74, 6) is 0.534. The average molecular weight is 377 g/mol. The van der Waals surface area contributed by atoms with Gasteiger partial charge in [0.25, 0.3) is 0 Å². The molecule has 144 valence electrons. The second-order valence-electron chi connectivity index (χ2n) is 6.78. The summed E-state index contributed by atoms with van der Waals surface area (Å²) >= 11 is 0. The second kappa shape index (κ2) is 8.94. The molecular formula is C21H23N5O2. The highest BCUT2D eigenvalue weighted by atomic mass is 16.6. The van der Waals surface area contributed by atoms with Crippen molar-refractivity contribution in [2.24, 2.45) is 0 Å². The Kier molecular flexibility index (Phi) is 6.16. The summed E-state index contributed by atoms with van der Waals surface area (Å²) < 4.78 is 0. The van der Waals surface area contributed by atoms with Crippen molar-refractivity contribution in [1.29, 1.82) is 0 Å². The normalized spacial score (nSPS) is 10.7. The molecule has 0 aliphatic heterocycles. The molecule has 0 fully saturated rings. The fraction of sp³-hybridized carbons (Fsp3) is 0.238. The van der Waals surface area contributed by atoms with Gasteiger partial charge in [0.1, 0.15) is 6.33 Å². The van der Waals surface area contributed by atoms with E-state index in [1.54, 1.807) is 0 Å². The molecule has 1 aromatic heterocycles. The van der Waals surface area contributed by atoms with Crippen LogP contribution in [0.2, 0.25) is 0 Å². The van der Waals surface area contributed by atoms with E-state index in [-0.39, 0.29) is 17.5 Å². The first kappa shape index (κ1) is 19.3. The number of aromatic nitrogens is 2. The molecule has 2 aromatic carbocycles. The summed E-state index contributed by atoms with van der Waals surface area (Å²) in [5, 5.41) is 15.0. The summed E-state index contributed by atoms with van der Waals surface area (Å²) in [4.78, 5) is 21.8. The number of nitrogens with zero attached hydrogens (tertiary/aromatic N) is 4. The maximum Gasteiger partial charge on any atom is 0.353 e. The molecule has 0 spiro atoms. The first-order valence-electron chi connectivity index (χ1n) is 9.13. The van der Waals surface area contributed by atoms with E-state index >= 15 is 0 Å². The highest BCUT2D eigenvalue weighted by Crippen LogP contribution is 2.33. The van der Waals surface area contributed by atoms with Crippen molar-refractivity contribution >= 4 is 17.3 Å². The monoisotopic (exact) mass is 377 g/mol. The lowest BCUT2D eigenvalue weighted by Gasteiger charge is -2.24. The van der Waals surface area contributed by atoms with Crippen LogP contribution in [-0.4, -0.2) is 20.9 Å². The van der Waals surface area contributed by atoms with Gasteiger partial charge in [0.2, 0.25) is 11.6 Å². The third-order valence-corrected chi connectivity index (χ3v) is 4.14. The van der Waals surface area contributed by atoms with Crippen molar-refractivity contribution in [1.82, 2.24) is 9.97 Å². The van der Waals surface area contributed by atoms with Crippen LogP contribution in [0.3, 0.4) is 0 Å². The number of hydrogen-bond acceptors (Lipinski definition) is 6. The molecule has 7 nitrogen and oxygen atoms in total. The molecule has 0 bridgehead atoms. The zero-order chi connectivity index (χ0) is 19.9. The van der Waals surface area contributed by atoms with Gasteiger partial charge in [0.15, 0.2) is 0 Å². The Hall–Kier alpha value is -3.48. The molecule has 3 aromatic rings. The van der Waals surface area contributed by atoms with Crippen molar-refractivity contribution in [3.8, 4) is 0 Å². The van der Waals surface area contributed by atoms with Crippen LogP contribution in [0.1, 0.15) is 25.0 Å². The molecule has 1 heterocycles. The lowest BCUT2D eigenvalue weighted by atomic mass is 10.1. The molecule has 0 aliphatic rings.